The molecule has 4 aromatic rings. The Labute approximate surface area is 145 Å². The van der Waals surface area contributed by atoms with Crippen LogP contribution in [0.5, 0.6) is 0 Å². The van der Waals surface area contributed by atoms with Crippen molar-refractivity contribution < 1.29 is 4.42 Å². The third-order valence-corrected chi connectivity index (χ3v) is 4.68. The summed E-state index contributed by atoms with van der Waals surface area (Å²) in [4.78, 5) is 13.7. The van der Waals surface area contributed by atoms with E-state index in [2.05, 4.69) is 23.1 Å². The van der Waals surface area contributed by atoms with Gasteiger partial charge in [0.25, 0.3) is 0 Å². The van der Waals surface area contributed by atoms with Crippen molar-refractivity contribution in [3.63, 3.8) is 0 Å². The third kappa shape index (κ3) is 2.55. The van der Waals surface area contributed by atoms with Gasteiger partial charge in [-0.3, -0.25) is 4.79 Å². The zero-order valence-corrected chi connectivity index (χ0v) is 14.4. The summed E-state index contributed by atoms with van der Waals surface area (Å²) in [7, 11) is 4.02. The molecule has 0 aliphatic carbocycles. The maximum Gasteiger partial charge on any atom is 0.179 e. The first-order valence-electron chi connectivity index (χ1n) is 8.38. The lowest BCUT2D eigenvalue weighted by molar-refractivity contribution is 0.663. The summed E-state index contributed by atoms with van der Waals surface area (Å²) in [6, 6.07) is 15.3. The Morgan fingerprint density at radius 2 is 1.72 bits per heavy atom. The second kappa shape index (κ2) is 5.90. The first-order chi connectivity index (χ1) is 12.1. The molecule has 0 amide bonds. The Morgan fingerprint density at radius 3 is 2.48 bits per heavy atom. The molecule has 25 heavy (non-hydrogen) atoms. The maximum atomic E-state index is 11.7. The van der Waals surface area contributed by atoms with Crippen molar-refractivity contribution in [1.29, 1.82) is 0 Å². The van der Waals surface area contributed by atoms with E-state index in [1.807, 2.05) is 32.3 Å². The molecule has 3 aromatic carbocycles. The van der Waals surface area contributed by atoms with E-state index in [0.717, 1.165) is 44.8 Å². The third-order valence-electron chi connectivity index (χ3n) is 4.68. The van der Waals surface area contributed by atoms with Crippen LogP contribution in [0, 0.1) is 0 Å². The summed E-state index contributed by atoms with van der Waals surface area (Å²) in [6.45, 7) is 0.571. The minimum Gasteiger partial charge on any atom is -0.455 e. The van der Waals surface area contributed by atoms with E-state index < -0.39 is 0 Å². The van der Waals surface area contributed by atoms with Gasteiger partial charge in [-0.2, -0.15) is 0 Å². The Morgan fingerprint density at radius 1 is 0.960 bits per heavy atom. The van der Waals surface area contributed by atoms with E-state index in [0.29, 0.717) is 6.54 Å². The van der Waals surface area contributed by atoms with Crippen LogP contribution >= 0.6 is 0 Å². The van der Waals surface area contributed by atoms with E-state index >= 15 is 0 Å². The fraction of sp³-hybridized carbons (Fsp3) is 0.190. The van der Waals surface area contributed by atoms with E-state index in [9.17, 15) is 4.79 Å². The molecular formula is C21H20N2O2. The lowest BCUT2D eigenvalue weighted by Gasteiger charge is -2.16. The summed E-state index contributed by atoms with van der Waals surface area (Å²) in [5.74, 6) is 0. The van der Waals surface area contributed by atoms with Crippen molar-refractivity contribution in [2.75, 3.05) is 25.5 Å². The molecule has 0 fully saturated rings. The highest BCUT2D eigenvalue weighted by atomic mass is 16.3. The molecule has 0 spiro atoms. The smallest absolute Gasteiger partial charge is 0.179 e. The van der Waals surface area contributed by atoms with E-state index in [4.69, 9.17) is 10.2 Å². The monoisotopic (exact) mass is 332 g/mol. The van der Waals surface area contributed by atoms with Gasteiger partial charge in [0.15, 0.2) is 5.43 Å². The van der Waals surface area contributed by atoms with Crippen LogP contribution in [0.25, 0.3) is 32.7 Å². The van der Waals surface area contributed by atoms with Gasteiger partial charge in [0.1, 0.15) is 11.2 Å². The molecule has 0 saturated heterocycles. The minimum atomic E-state index is 0.00437. The van der Waals surface area contributed by atoms with Crippen molar-refractivity contribution >= 4 is 38.4 Å². The number of rotatable bonds is 3. The average molecular weight is 332 g/mol. The lowest BCUT2D eigenvalue weighted by atomic mass is 9.98. The molecule has 0 aliphatic rings. The predicted octanol–water partition coefficient (Wildman–Crippen LogP) is 3.67. The molecule has 126 valence electrons. The van der Waals surface area contributed by atoms with Gasteiger partial charge in [0.2, 0.25) is 0 Å². The summed E-state index contributed by atoms with van der Waals surface area (Å²) in [5, 5.41) is 3.99. The Kier molecular flexibility index (Phi) is 3.70. The number of hydrogen-bond donors (Lipinski definition) is 1. The molecule has 0 aliphatic heterocycles. The van der Waals surface area contributed by atoms with Crippen LogP contribution in [0.2, 0.25) is 0 Å². The number of benzene rings is 3. The molecule has 0 bridgehead atoms. The van der Waals surface area contributed by atoms with Gasteiger partial charge < -0.3 is 15.1 Å². The SMILES string of the molecule is CN(C)c1ccc2c(CCN)c3ccc4cc(=O)ccc4c3oc2c1. The van der Waals surface area contributed by atoms with Gasteiger partial charge in [-0.15, -0.1) is 0 Å². The number of hydrogen-bond acceptors (Lipinski definition) is 4. The standard InChI is InChI=1S/C21H20N2O2/c1-23(2)14-4-7-18-17(9-10-22)19-6-3-13-11-15(24)5-8-16(13)21(19)25-20(18)12-14/h3-8,11-12H,9-10,22H2,1-2H3. The fourth-order valence-electron chi connectivity index (χ4n) is 3.42. The van der Waals surface area contributed by atoms with Crippen LogP contribution in [0.1, 0.15) is 5.56 Å². The molecule has 4 heteroatoms. The van der Waals surface area contributed by atoms with Gasteiger partial charge in [-0.25, -0.2) is 0 Å². The van der Waals surface area contributed by atoms with Gasteiger partial charge in [-0.1, -0.05) is 12.1 Å². The van der Waals surface area contributed by atoms with Crippen LogP contribution in [-0.2, 0) is 6.42 Å². The average Bonchev–Trinajstić information content (AvgIpc) is 2.60. The van der Waals surface area contributed by atoms with Gasteiger partial charge in [-0.05, 0) is 54.2 Å². The Hall–Kier alpha value is -2.85. The van der Waals surface area contributed by atoms with Crippen LogP contribution in [0.4, 0.5) is 5.69 Å². The number of nitrogens with zero attached hydrogens (tertiary/aromatic N) is 1. The van der Waals surface area contributed by atoms with Gasteiger partial charge in [0.05, 0.1) is 0 Å². The highest BCUT2D eigenvalue weighted by Crippen LogP contribution is 2.34. The molecule has 1 aromatic heterocycles. The van der Waals surface area contributed by atoms with E-state index in [1.165, 1.54) is 5.56 Å². The van der Waals surface area contributed by atoms with Crippen molar-refractivity contribution in [1.82, 2.24) is 0 Å². The minimum absolute atomic E-state index is 0.00437. The highest BCUT2D eigenvalue weighted by Gasteiger charge is 2.13. The largest absolute Gasteiger partial charge is 0.455 e. The maximum absolute atomic E-state index is 11.7. The quantitative estimate of drug-likeness (QED) is 0.459. The van der Waals surface area contributed by atoms with Crippen molar-refractivity contribution in [3.8, 4) is 0 Å². The number of fused-ring (bicyclic) bond motifs is 4. The normalized spacial score (nSPS) is 11.5. The summed E-state index contributed by atoms with van der Waals surface area (Å²) >= 11 is 0. The van der Waals surface area contributed by atoms with Crippen molar-refractivity contribution in [3.05, 3.63) is 64.3 Å². The first kappa shape index (κ1) is 15.7. The number of anilines is 1. The van der Waals surface area contributed by atoms with E-state index in [-0.39, 0.29) is 5.43 Å². The molecule has 0 radical (unpaired) electrons. The zero-order valence-electron chi connectivity index (χ0n) is 14.4. The topological polar surface area (TPSA) is 59.5 Å². The molecule has 4 nitrogen and oxygen atoms in total. The molecule has 0 atom stereocenters. The van der Waals surface area contributed by atoms with Crippen LogP contribution in [0.3, 0.4) is 0 Å². The molecule has 2 N–H and O–H groups in total. The molecule has 0 unspecified atom stereocenters. The Bertz CT molecular complexity index is 1160. The summed E-state index contributed by atoms with van der Waals surface area (Å²) in [5.41, 5.74) is 9.79. The summed E-state index contributed by atoms with van der Waals surface area (Å²) in [6.07, 6.45) is 0.774. The zero-order chi connectivity index (χ0) is 17.6. The first-order valence-corrected chi connectivity index (χ1v) is 8.38. The van der Waals surface area contributed by atoms with Gasteiger partial charge >= 0.3 is 0 Å². The molecule has 0 saturated carbocycles. The lowest BCUT2D eigenvalue weighted by Crippen LogP contribution is -2.08. The van der Waals surface area contributed by atoms with Crippen molar-refractivity contribution in [2.24, 2.45) is 5.73 Å². The highest BCUT2D eigenvalue weighted by molar-refractivity contribution is 6.08. The fourth-order valence-corrected chi connectivity index (χ4v) is 3.42. The van der Waals surface area contributed by atoms with Crippen molar-refractivity contribution in [2.45, 2.75) is 6.42 Å². The van der Waals surface area contributed by atoms with Crippen LogP contribution in [-0.4, -0.2) is 20.6 Å². The molecular weight excluding hydrogens is 312 g/mol. The second-order valence-electron chi connectivity index (χ2n) is 6.52. The predicted molar refractivity (Wildman–Crippen MR) is 105 cm³/mol. The van der Waals surface area contributed by atoms with E-state index in [1.54, 1.807) is 12.1 Å². The van der Waals surface area contributed by atoms with Crippen LogP contribution in [0.15, 0.2) is 57.7 Å². The Balaban J connectivity index is 2.17. The molecule has 1 heterocycles. The van der Waals surface area contributed by atoms with Crippen LogP contribution < -0.4 is 16.1 Å². The second-order valence-corrected chi connectivity index (χ2v) is 6.52. The van der Waals surface area contributed by atoms with Gasteiger partial charge in [0, 0.05) is 42.0 Å². The molecule has 4 rings (SSSR count). The number of nitrogens with two attached hydrogens (primary N) is 1. The summed E-state index contributed by atoms with van der Waals surface area (Å²) < 4.78 is 6.31.